The molecule has 0 aromatic heterocycles. The van der Waals surface area contributed by atoms with Crippen LogP contribution in [0.1, 0.15) is 19.8 Å². The molecule has 1 aliphatic heterocycles. The van der Waals surface area contributed by atoms with E-state index in [1.165, 1.54) is 0 Å². The Morgan fingerprint density at radius 2 is 2.18 bits per heavy atom. The second kappa shape index (κ2) is 5.26. The smallest absolute Gasteiger partial charge is 0.267 e. The van der Waals surface area contributed by atoms with Crippen LogP contribution >= 0.6 is 0 Å². The summed E-state index contributed by atoms with van der Waals surface area (Å²) in [6.45, 7) is 1.60. The number of nitrogens with one attached hydrogen (secondary N) is 2. The van der Waals surface area contributed by atoms with Gasteiger partial charge in [-0.25, -0.2) is 13.8 Å². The fourth-order valence-electron chi connectivity index (χ4n) is 1.44. The summed E-state index contributed by atoms with van der Waals surface area (Å²) in [5, 5.41) is 6.14. The van der Waals surface area contributed by atoms with Crippen molar-refractivity contribution in [2.24, 2.45) is 5.10 Å². The van der Waals surface area contributed by atoms with Gasteiger partial charge < -0.3 is 5.32 Å². The first kappa shape index (κ1) is 13.6. The van der Waals surface area contributed by atoms with Crippen molar-refractivity contribution in [1.29, 1.82) is 0 Å². The fraction of sp³-hybridized carbons (Fsp3) is 0.667. The highest BCUT2D eigenvalue weighted by atomic mass is 32.2. The van der Waals surface area contributed by atoms with Crippen LogP contribution in [-0.4, -0.2) is 44.0 Å². The Kier molecular flexibility index (Phi) is 4.22. The van der Waals surface area contributed by atoms with Crippen LogP contribution in [-0.2, 0) is 19.4 Å². The lowest BCUT2D eigenvalue weighted by Crippen LogP contribution is -2.43. The van der Waals surface area contributed by atoms with Gasteiger partial charge in [-0.15, -0.1) is 0 Å². The lowest BCUT2D eigenvalue weighted by molar-refractivity contribution is -0.121. The van der Waals surface area contributed by atoms with Gasteiger partial charge in [-0.05, 0) is 6.92 Å². The third-order valence-electron chi connectivity index (χ3n) is 2.10. The first-order valence-electron chi connectivity index (χ1n) is 5.12. The number of hydrogen-bond acceptors (Lipinski definition) is 5. The Morgan fingerprint density at radius 3 is 2.65 bits per heavy atom. The van der Waals surface area contributed by atoms with E-state index in [0.29, 0.717) is 0 Å². The minimum absolute atomic E-state index is 0.127. The molecule has 0 spiro atoms. The van der Waals surface area contributed by atoms with Gasteiger partial charge in [-0.2, -0.15) is 5.10 Å². The van der Waals surface area contributed by atoms with E-state index in [9.17, 15) is 18.0 Å². The quantitative estimate of drug-likeness (QED) is 0.663. The molecule has 1 rings (SSSR count). The summed E-state index contributed by atoms with van der Waals surface area (Å²) in [5.74, 6) is -0.801. The Hall–Kier alpha value is -1.44. The van der Waals surface area contributed by atoms with Crippen molar-refractivity contribution < 1.29 is 18.0 Å². The molecule has 17 heavy (non-hydrogen) atoms. The minimum atomic E-state index is -3.13. The third-order valence-corrected chi connectivity index (χ3v) is 3.20. The van der Waals surface area contributed by atoms with E-state index >= 15 is 0 Å². The molecule has 0 aromatic rings. The number of sulfone groups is 1. The molecule has 2 amide bonds. The van der Waals surface area contributed by atoms with E-state index in [1.807, 2.05) is 0 Å². The van der Waals surface area contributed by atoms with Crippen molar-refractivity contribution in [3.05, 3.63) is 0 Å². The molecule has 2 N–H and O–H groups in total. The molecule has 0 aliphatic carbocycles. The molecule has 8 heteroatoms. The standard InChI is InChI=1S/C9H15N3O4S/c1-6(5-17(2,15)16)10-9(14)7-3-4-8(13)12-11-7/h6H,3-5H2,1-2H3,(H,10,14)(H,12,13). The van der Waals surface area contributed by atoms with E-state index in [-0.39, 0.29) is 30.2 Å². The van der Waals surface area contributed by atoms with Gasteiger partial charge in [0.15, 0.2) is 0 Å². The number of nitrogens with zero attached hydrogens (tertiary/aromatic N) is 1. The lowest BCUT2D eigenvalue weighted by atomic mass is 10.1. The summed E-state index contributed by atoms with van der Waals surface area (Å²) >= 11 is 0. The molecule has 1 aliphatic rings. The van der Waals surface area contributed by atoms with Gasteiger partial charge >= 0.3 is 0 Å². The van der Waals surface area contributed by atoms with Crippen molar-refractivity contribution in [1.82, 2.24) is 10.7 Å². The maximum Gasteiger partial charge on any atom is 0.267 e. The highest BCUT2D eigenvalue weighted by Crippen LogP contribution is 2.00. The van der Waals surface area contributed by atoms with Crippen LogP contribution < -0.4 is 10.7 Å². The molecule has 1 heterocycles. The van der Waals surface area contributed by atoms with Crippen molar-refractivity contribution in [3.63, 3.8) is 0 Å². The normalized spacial score (nSPS) is 18.0. The molecule has 0 saturated heterocycles. The largest absolute Gasteiger partial charge is 0.347 e. The van der Waals surface area contributed by atoms with E-state index < -0.39 is 21.8 Å². The maximum atomic E-state index is 11.6. The number of hydrazone groups is 1. The summed E-state index contributed by atoms with van der Waals surface area (Å²) < 4.78 is 22.0. The zero-order chi connectivity index (χ0) is 13.1. The summed E-state index contributed by atoms with van der Waals surface area (Å²) in [5.41, 5.74) is 2.42. The zero-order valence-corrected chi connectivity index (χ0v) is 10.5. The summed E-state index contributed by atoms with van der Waals surface area (Å²) in [6.07, 6.45) is 1.59. The van der Waals surface area contributed by atoms with Gasteiger partial charge in [0.25, 0.3) is 5.91 Å². The highest BCUT2D eigenvalue weighted by Gasteiger charge is 2.20. The van der Waals surface area contributed by atoms with Crippen molar-refractivity contribution in [2.45, 2.75) is 25.8 Å². The van der Waals surface area contributed by atoms with Gasteiger partial charge in [-0.3, -0.25) is 9.59 Å². The second-order valence-corrected chi connectivity index (χ2v) is 6.25. The molecule has 96 valence electrons. The van der Waals surface area contributed by atoms with Crippen LogP contribution in [0.3, 0.4) is 0 Å². The number of hydrogen-bond donors (Lipinski definition) is 2. The fourth-order valence-corrected chi connectivity index (χ4v) is 2.43. The molecule has 0 radical (unpaired) electrons. The summed E-state index contributed by atoms with van der Waals surface area (Å²) in [4.78, 5) is 22.4. The van der Waals surface area contributed by atoms with E-state index in [1.54, 1.807) is 6.92 Å². The van der Waals surface area contributed by atoms with Gasteiger partial charge in [-0.1, -0.05) is 0 Å². The SMILES string of the molecule is CC(CS(C)(=O)=O)NC(=O)C1=NNC(=O)CC1. The van der Waals surface area contributed by atoms with Crippen LogP contribution in [0, 0.1) is 0 Å². The predicted octanol–water partition coefficient (Wildman–Crippen LogP) is -1.20. The molecule has 0 aromatic carbocycles. The molecule has 0 saturated carbocycles. The Morgan fingerprint density at radius 1 is 1.53 bits per heavy atom. The number of rotatable bonds is 4. The zero-order valence-electron chi connectivity index (χ0n) is 9.69. The van der Waals surface area contributed by atoms with Gasteiger partial charge in [0.1, 0.15) is 15.5 Å². The lowest BCUT2D eigenvalue weighted by Gasteiger charge is -2.15. The molecule has 1 atom stereocenters. The Labute approximate surface area is 99.6 Å². The second-order valence-electron chi connectivity index (χ2n) is 4.06. The number of amides is 2. The van der Waals surface area contributed by atoms with Crippen molar-refractivity contribution in [2.75, 3.05) is 12.0 Å². The molecule has 0 bridgehead atoms. The van der Waals surface area contributed by atoms with Crippen LogP contribution in [0.25, 0.3) is 0 Å². The van der Waals surface area contributed by atoms with Crippen LogP contribution in [0.15, 0.2) is 5.10 Å². The average Bonchev–Trinajstić information content (AvgIpc) is 2.15. The maximum absolute atomic E-state index is 11.6. The predicted molar refractivity (Wildman–Crippen MR) is 62.1 cm³/mol. The first-order chi connectivity index (χ1) is 7.78. The van der Waals surface area contributed by atoms with E-state index in [0.717, 1.165) is 6.26 Å². The topological polar surface area (TPSA) is 105 Å². The summed E-state index contributed by atoms with van der Waals surface area (Å²) in [6, 6.07) is -0.488. The molecule has 1 unspecified atom stereocenters. The summed E-state index contributed by atoms with van der Waals surface area (Å²) in [7, 11) is -3.13. The van der Waals surface area contributed by atoms with Crippen LogP contribution in [0.2, 0.25) is 0 Å². The van der Waals surface area contributed by atoms with Gasteiger partial charge in [0.05, 0.1) is 5.75 Å². The number of carbonyl (C=O) groups excluding carboxylic acids is 2. The van der Waals surface area contributed by atoms with Crippen molar-refractivity contribution >= 4 is 27.4 Å². The van der Waals surface area contributed by atoms with Crippen LogP contribution in [0.5, 0.6) is 0 Å². The van der Waals surface area contributed by atoms with Gasteiger partial charge in [0, 0.05) is 25.1 Å². The average molecular weight is 261 g/mol. The Bertz CT molecular complexity index is 455. The molecular weight excluding hydrogens is 246 g/mol. The number of carbonyl (C=O) groups is 2. The third kappa shape index (κ3) is 4.94. The highest BCUT2D eigenvalue weighted by molar-refractivity contribution is 7.90. The Balaban J connectivity index is 2.52. The molecule has 0 fully saturated rings. The van der Waals surface area contributed by atoms with E-state index in [2.05, 4.69) is 15.8 Å². The van der Waals surface area contributed by atoms with E-state index in [4.69, 9.17) is 0 Å². The minimum Gasteiger partial charge on any atom is -0.347 e. The first-order valence-corrected chi connectivity index (χ1v) is 7.18. The molecule has 7 nitrogen and oxygen atoms in total. The van der Waals surface area contributed by atoms with Gasteiger partial charge in [0.2, 0.25) is 5.91 Å². The monoisotopic (exact) mass is 261 g/mol. The van der Waals surface area contributed by atoms with Crippen molar-refractivity contribution in [3.8, 4) is 0 Å². The molecular formula is C9H15N3O4S. The van der Waals surface area contributed by atoms with Crippen LogP contribution in [0.4, 0.5) is 0 Å².